The van der Waals surface area contributed by atoms with Crippen LogP contribution in [0.2, 0.25) is 0 Å². The second-order valence-corrected chi connectivity index (χ2v) is 6.07. The van der Waals surface area contributed by atoms with Gasteiger partial charge in [0.05, 0.1) is 0 Å². The molecule has 5 heteroatoms. The Bertz CT molecular complexity index is 1100. The van der Waals surface area contributed by atoms with Crippen molar-refractivity contribution in [3.8, 4) is 11.5 Å². The average Bonchev–Trinajstić information content (AvgIpc) is 2.60. The molecule has 0 unspecified atom stereocenters. The van der Waals surface area contributed by atoms with E-state index in [-0.39, 0.29) is 0 Å². The fourth-order valence-electron chi connectivity index (χ4n) is 2.57. The molecule has 1 N–H and O–H groups in total. The number of hydrogen-bond donors (Lipinski definition) is 1. The van der Waals surface area contributed by atoms with Crippen molar-refractivity contribution in [2.45, 2.75) is 0 Å². The monoisotopic (exact) mass is 366 g/mol. The number of pyridine rings is 1. The van der Waals surface area contributed by atoms with E-state index < -0.39 is 0 Å². The van der Waals surface area contributed by atoms with E-state index in [4.69, 9.17) is 4.42 Å². The summed E-state index contributed by atoms with van der Waals surface area (Å²) in [6.07, 6.45) is 1.81. The van der Waals surface area contributed by atoms with E-state index in [0.717, 1.165) is 20.6 Å². The lowest BCUT2D eigenvalue weighted by atomic mass is 10.1. The van der Waals surface area contributed by atoms with Gasteiger partial charge in [-0.25, -0.2) is 0 Å². The minimum absolute atomic E-state index is 0.442. The Labute approximate surface area is 139 Å². The van der Waals surface area contributed by atoms with E-state index in [1.165, 1.54) is 0 Å². The molecule has 0 saturated carbocycles. The number of halogens is 1. The molecule has 4 aromatic rings. The zero-order valence-electron chi connectivity index (χ0n) is 11.9. The molecular formula is C18H11BrN2O2. The first-order valence-electron chi connectivity index (χ1n) is 7.01. The summed E-state index contributed by atoms with van der Waals surface area (Å²) in [7, 11) is 0. The molecule has 0 amide bonds. The maximum absolute atomic E-state index is 9.32. The molecular weight excluding hydrogens is 356 g/mol. The van der Waals surface area contributed by atoms with Crippen molar-refractivity contribution >= 4 is 37.7 Å². The molecule has 0 radical (unpaired) electrons. The maximum atomic E-state index is 9.32. The van der Waals surface area contributed by atoms with Crippen molar-refractivity contribution in [3.63, 3.8) is 0 Å². The normalized spacial score (nSPS) is 12.1. The first-order valence-corrected chi connectivity index (χ1v) is 7.80. The summed E-state index contributed by atoms with van der Waals surface area (Å²) >= 11 is 3.41. The highest BCUT2D eigenvalue weighted by Crippen LogP contribution is 2.25. The minimum Gasteiger partial charge on any atom is -0.454 e. The van der Waals surface area contributed by atoms with Crippen LogP contribution in [0.15, 0.2) is 74.8 Å². The third-order valence-electron chi connectivity index (χ3n) is 3.70. The number of rotatable bonds is 1. The molecule has 0 fully saturated rings. The van der Waals surface area contributed by atoms with Gasteiger partial charge in [0.1, 0.15) is 16.6 Å². The number of fused-ring (bicyclic) bond motifs is 2. The molecule has 0 bridgehead atoms. The Morgan fingerprint density at radius 1 is 1.00 bits per heavy atom. The summed E-state index contributed by atoms with van der Waals surface area (Å²) < 4.78 is 6.83. The van der Waals surface area contributed by atoms with Crippen LogP contribution in [0.1, 0.15) is 0 Å². The van der Waals surface area contributed by atoms with E-state index in [9.17, 15) is 5.21 Å². The van der Waals surface area contributed by atoms with Gasteiger partial charge in [0.2, 0.25) is 0 Å². The van der Waals surface area contributed by atoms with Gasteiger partial charge in [-0.1, -0.05) is 45.4 Å². The van der Waals surface area contributed by atoms with E-state index in [2.05, 4.69) is 26.1 Å². The lowest BCUT2D eigenvalue weighted by molar-refractivity contribution is 0.302. The van der Waals surface area contributed by atoms with Crippen LogP contribution in [0.3, 0.4) is 0 Å². The lowest BCUT2D eigenvalue weighted by Gasteiger charge is -2.05. The SMILES string of the molecule is O/N=c1\cc(-c2cc3ccccc3cn2)oc2ccc(Br)cc12. The number of nitrogens with zero attached hydrogens (tertiary/aromatic N) is 2. The number of aromatic nitrogens is 1. The zero-order valence-corrected chi connectivity index (χ0v) is 13.5. The Morgan fingerprint density at radius 2 is 1.83 bits per heavy atom. The summed E-state index contributed by atoms with van der Waals surface area (Å²) in [5, 5.41) is 16.0. The van der Waals surface area contributed by atoms with E-state index in [0.29, 0.717) is 22.4 Å². The molecule has 0 saturated heterocycles. The Kier molecular flexibility index (Phi) is 3.35. The van der Waals surface area contributed by atoms with Gasteiger partial charge in [-0.05, 0) is 29.7 Å². The van der Waals surface area contributed by atoms with Crippen LogP contribution in [0.5, 0.6) is 0 Å². The molecule has 112 valence electrons. The van der Waals surface area contributed by atoms with Crippen molar-refractivity contribution in [1.82, 2.24) is 4.98 Å². The van der Waals surface area contributed by atoms with Crippen LogP contribution in [-0.4, -0.2) is 10.2 Å². The second kappa shape index (κ2) is 5.52. The summed E-state index contributed by atoms with van der Waals surface area (Å²) in [4.78, 5) is 4.45. The van der Waals surface area contributed by atoms with Crippen LogP contribution in [0.25, 0.3) is 33.2 Å². The predicted molar refractivity (Wildman–Crippen MR) is 92.0 cm³/mol. The Morgan fingerprint density at radius 3 is 2.65 bits per heavy atom. The summed E-state index contributed by atoms with van der Waals surface area (Å²) in [6.45, 7) is 0. The molecule has 23 heavy (non-hydrogen) atoms. The van der Waals surface area contributed by atoms with Gasteiger partial charge in [0.25, 0.3) is 0 Å². The maximum Gasteiger partial charge on any atom is 0.155 e. The average molecular weight is 367 g/mol. The highest BCUT2D eigenvalue weighted by molar-refractivity contribution is 9.10. The first-order chi connectivity index (χ1) is 11.2. The van der Waals surface area contributed by atoms with Gasteiger partial charge in [-0.2, -0.15) is 0 Å². The number of hydrogen-bond acceptors (Lipinski definition) is 4. The third kappa shape index (κ3) is 2.49. The van der Waals surface area contributed by atoms with Gasteiger partial charge >= 0.3 is 0 Å². The Hall–Kier alpha value is -2.66. The van der Waals surface area contributed by atoms with Crippen LogP contribution >= 0.6 is 15.9 Å². The van der Waals surface area contributed by atoms with Crippen molar-refractivity contribution in [3.05, 3.63) is 70.6 Å². The lowest BCUT2D eigenvalue weighted by Crippen LogP contribution is -2.03. The topological polar surface area (TPSA) is 58.6 Å². The molecule has 2 aromatic heterocycles. The molecule has 4 rings (SSSR count). The van der Waals surface area contributed by atoms with Crippen LogP contribution < -0.4 is 5.36 Å². The predicted octanol–water partition coefficient (Wildman–Crippen LogP) is 4.70. The van der Waals surface area contributed by atoms with Crippen LogP contribution in [0, 0.1) is 0 Å². The van der Waals surface area contributed by atoms with Gasteiger partial charge in [0.15, 0.2) is 5.76 Å². The van der Waals surface area contributed by atoms with Crippen molar-refractivity contribution in [1.29, 1.82) is 0 Å². The van der Waals surface area contributed by atoms with Crippen LogP contribution in [-0.2, 0) is 0 Å². The fourth-order valence-corrected chi connectivity index (χ4v) is 2.93. The van der Waals surface area contributed by atoms with Gasteiger partial charge in [-0.3, -0.25) is 4.98 Å². The summed E-state index contributed by atoms with van der Waals surface area (Å²) in [5.74, 6) is 0.554. The smallest absolute Gasteiger partial charge is 0.155 e. The quantitative estimate of drug-likeness (QED) is 0.392. The zero-order chi connectivity index (χ0) is 15.8. The molecule has 0 aliphatic heterocycles. The molecule has 4 nitrogen and oxygen atoms in total. The van der Waals surface area contributed by atoms with Crippen molar-refractivity contribution in [2.24, 2.45) is 5.16 Å². The minimum atomic E-state index is 0.442. The van der Waals surface area contributed by atoms with Gasteiger partial charge in [-0.15, -0.1) is 0 Å². The molecule has 2 heterocycles. The number of benzene rings is 2. The Balaban J connectivity index is 1.99. The molecule has 2 aromatic carbocycles. The van der Waals surface area contributed by atoms with Crippen molar-refractivity contribution in [2.75, 3.05) is 0 Å². The van der Waals surface area contributed by atoms with Gasteiger partial charge < -0.3 is 9.62 Å². The standard InChI is InChI=1S/C18H11BrN2O2/c19-13-5-6-17-14(8-13)15(21-22)9-18(23-17)16-7-11-3-1-2-4-12(11)10-20-16/h1-10,22H/b21-15+. The van der Waals surface area contributed by atoms with E-state index in [1.54, 1.807) is 6.07 Å². The van der Waals surface area contributed by atoms with E-state index >= 15 is 0 Å². The fraction of sp³-hybridized carbons (Fsp3) is 0. The highest BCUT2D eigenvalue weighted by Gasteiger charge is 2.08. The molecule has 0 aliphatic rings. The summed E-state index contributed by atoms with van der Waals surface area (Å²) in [6, 6.07) is 17.2. The second-order valence-electron chi connectivity index (χ2n) is 5.15. The molecule has 0 atom stereocenters. The third-order valence-corrected chi connectivity index (χ3v) is 4.19. The first kappa shape index (κ1) is 14.0. The van der Waals surface area contributed by atoms with Crippen molar-refractivity contribution < 1.29 is 9.62 Å². The van der Waals surface area contributed by atoms with Gasteiger partial charge in [0, 0.05) is 27.5 Å². The largest absolute Gasteiger partial charge is 0.454 e. The van der Waals surface area contributed by atoms with Crippen LogP contribution in [0.4, 0.5) is 0 Å². The highest BCUT2D eigenvalue weighted by atomic mass is 79.9. The molecule has 0 aliphatic carbocycles. The summed E-state index contributed by atoms with van der Waals surface area (Å²) in [5.41, 5.74) is 1.33. The molecule has 0 spiro atoms. The van der Waals surface area contributed by atoms with E-state index in [1.807, 2.05) is 54.7 Å².